The van der Waals surface area contributed by atoms with Crippen LogP contribution in [0.5, 0.6) is 0 Å². The number of fused-ring (bicyclic) bond motifs is 2. The van der Waals surface area contributed by atoms with Crippen molar-refractivity contribution < 1.29 is 4.79 Å². The lowest BCUT2D eigenvalue weighted by Crippen LogP contribution is -2.07. The van der Waals surface area contributed by atoms with Crippen LogP contribution >= 0.6 is 11.6 Å². The lowest BCUT2D eigenvalue weighted by atomic mass is 10.1. The zero-order valence-electron chi connectivity index (χ0n) is 15.7. The molecule has 0 aliphatic rings. The van der Waals surface area contributed by atoms with Crippen molar-refractivity contribution in [1.82, 2.24) is 19.9 Å². The molecule has 0 atom stereocenters. The highest BCUT2D eigenvalue weighted by molar-refractivity contribution is 6.31. The summed E-state index contributed by atoms with van der Waals surface area (Å²) in [5, 5.41) is 4.51. The first kappa shape index (κ1) is 18.1. The summed E-state index contributed by atoms with van der Waals surface area (Å²) in [6.07, 6.45) is 4.83. The van der Waals surface area contributed by atoms with Crippen molar-refractivity contribution >= 4 is 45.3 Å². The van der Waals surface area contributed by atoms with Gasteiger partial charge in [-0.2, -0.15) is 0 Å². The normalized spacial score (nSPS) is 11.1. The molecule has 0 bridgehead atoms. The number of hydrogen-bond donors (Lipinski definition) is 3. The second kappa shape index (κ2) is 7.17. The molecule has 30 heavy (non-hydrogen) atoms. The topological polar surface area (TPSA) is 86.5 Å². The van der Waals surface area contributed by atoms with E-state index < -0.39 is 0 Å². The van der Waals surface area contributed by atoms with Crippen LogP contribution in [0.1, 0.15) is 0 Å². The number of aromatic amines is 2. The summed E-state index contributed by atoms with van der Waals surface area (Å²) < 4.78 is 0. The number of benzene rings is 2. The monoisotopic (exact) mass is 413 g/mol. The highest BCUT2D eigenvalue weighted by Gasteiger charge is 2.13. The maximum Gasteiger partial charge on any atom is 0.247 e. The molecular formula is C23H16ClN5O. The number of nitrogens with zero attached hydrogens (tertiary/aromatic N) is 2. The van der Waals surface area contributed by atoms with Gasteiger partial charge in [0.2, 0.25) is 5.91 Å². The summed E-state index contributed by atoms with van der Waals surface area (Å²) in [5.74, 6) is -0.263. The molecular weight excluding hydrogens is 398 g/mol. The Balaban J connectivity index is 1.58. The van der Waals surface area contributed by atoms with Crippen molar-refractivity contribution in [2.24, 2.45) is 0 Å². The van der Waals surface area contributed by atoms with Gasteiger partial charge in [-0.05, 0) is 36.4 Å². The molecule has 0 fully saturated rings. The van der Waals surface area contributed by atoms with Crippen LogP contribution in [0.3, 0.4) is 0 Å². The van der Waals surface area contributed by atoms with E-state index in [0.717, 1.165) is 33.2 Å². The Morgan fingerprint density at radius 3 is 2.93 bits per heavy atom. The number of nitrogens with one attached hydrogen (secondary N) is 3. The molecule has 5 rings (SSSR count). The number of amides is 1. The third-order valence-electron chi connectivity index (χ3n) is 4.87. The minimum absolute atomic E-state index is 0.263. The third-order valence-corrected chi connectivity index (χ3v) is 5.10. The average Bonchev–Trinajstić information content (AvgIpc) is 3.36. The Bertz CT molecular complexity index is 1430. The highest BCUT2D eigenvalue weighted by atomic mass is 35.5. The molecule has 0 aliphatic carbocycles. The fraction of sp³-hybridized carbons (Fsp3) is 0. The van der Waals surface area contributed by atoms with E-state index >= 15 is 0 Å². The third kappa shape index (κ3) is 3.23. The van der Waals surface area contributed by atoms with E-state index in [1.807, 2.05) is 48.7 Å². The SMILES string of the molecule is C=CC(=O)Nc1cccc(-c2cnc3[nH]cc(-c4cc5ccc(Cl)cc5[nH]4)c3n2)c1. The summed E-state index contributed by atoms with van der Waals surface area (Å²) in [7, 11) is 0. The lowest BCUT2D eigenvalue weighted by molar-refractivity contribution is -0.111. The van der Waals surface area contributed by atoms with Crippen LogP contribution in [0.2, 0.25) is 5.02 Å². The highest BCUT2D eigenvalue weighted by Crippen LogP contribution is 2.31. The molecule has 0 saturated carbocycles. The van der Waals surface area contributed by atoms with Gasteiger partial charge in [-0.1, -0.05) is 36.4 Å². The predicted octanol–water partition coefficient (Wildman–Crippen LogP) is 5.55. The molecule has 0 radical (unpaired) electrons. The second-order valence-corrected chi connectivity index (χ2v) is 7.28. The Hall–Kier alpha value is -3.90. The van der Waals surface area contributed by atoms with Crippen LogP contribution in [0.25, 0.3) is 44.6 Å². The molecule has 146 valence electrons. The van der Waals surface area contributed by atoms with E-state index in [1.165, 1.54) is 6.08 Å². The van der Waals surface area contributed by atoms with Gasteiger partial charge in [0, 0.05) is 38.9 Å². The van der Waals surface area contributed by atoms with Gasteiger partial charge in [-0.25, -0.2) is 9.97 Å². The van der Waals surface area contributed by atoms with Gasteiger partial charge in [0.25, 0.3) is 0 Å². The van der Waals surface area contributed by atoms with Crippen molar-refractivity contribution in [3.63, 3.8) is 0 Å². The van der Waals surface area contributed by atoms with E-state index in [4.69, 9.17) is 16.6 Å². The molecule has 0 unspecified atom stereocenters. The zero-order chi connectivity index (χ0) is 20.7. The van der Waals surface area contributed by atoms with E-state index in [2.05, 4.69) is 32.9 Å². The van der Waals surface area contributed by atoms with Crippen LogP contribution in [0, 0.1) is 0 Å². The quantitative estimate of drug-likeness (QED) is 0.337. The molecule has 5 aromatic rings. The fourth-order valence-corrected chi connectivity index (χ4v) is 3.60. The molecule has 3 heterocycles. The molecule has 3 aromatic heterocycles. The van der Waals surface area contributed by atoms with Crippen molar-refractivity contribution in [2.45, 2.75) is 0 Å². The van der Waals surface area contributed by atoms with Gasteiger partial charge in [-0.3, -0.25) is 4.79 Å². The average molecular weight is 414 g/mol. The van der Waals surface area contributed by atoms with Crippen molar-refractivity contribution in [1.29, 1.82) is 0 Å². The van der Waals surface area contributed by atoms with Gasteiger partial charge in [0.1, 0.15) is 5.52 Å². The molecule has 2 aromatic carbocycles. The maximum absolute atomic E-state index is 11.6. The van der Waals surface area contributed by atoms with Gasteiger partial charge >= 0.3 is 0 Å². The number of carbonyl (C=O) groups excluding carboxylic acids is 1. The molecule has 0 spiro atoms. The van der Waals surface area contributed by atoms with Crippen LogP contribution in [0.15, 0.2) is 73.6 Å². The molecule has 7 heteroatoms. The summed E-state index contributed by atoms with van der Waals surface area (Å²) in [5.41, 5.74) is 6.48. The summed E-state index contributed by atoms with van der Waals surface area (Å²) >= 11 is 6.11. The van der Waals surface area contributed by atoms with Gasteiger partial charge < -0.3 is 15.3 Å². The minimum atomic E-state index is -0.263. The van der Waals surface area contributed by atoms with E-state index in [1.54, 1.807) is 6.20 Å². The largest absolute Gasteiger partial charge is 0.354 e. The predicted molar refractivity (Wildman–Crippen MR) is 120 cm³/mol. The van der Waals surface area contributed by atoms with E-state index in [-0.39, 0.29) is 5.91 Å². The Morgan fingerprint density at radius 1 is 1.17 bits per heavy atom. The van der Waals surface area contributed by atoms with Crippen LogP contribution in [-0.4, -0.2) is 25.8 Å². The first-order chi connectivity index (χ1) is 14.6. The molecule has 0 aliphatic heterocycles. The number of carbonyl (C=O) groups is 1. The summed E-state index contributed by atoms with van der Waals surface area (Å²) in [6.45, 7) is 3.48. The van der Waals surface area contributed by atoms with E-state index in [9.17, 15) is 4.79 Å². The lowest BCUT2D eigenvalue weighted by Gasteiger charge is -2.06. The van der Waals surface area contributed by atoms with E-state index in [0.29, 0.717) is 22.1 Å². The zero-order valence-corrected chi connectivity index (χ0v) is 16.5. The number of halogens is 1. The van der Waals surface area contributed by atoms with Crippen molar-refractivity contribution in [2.75, 3.05) is 5.32 Å². The molecule has 6 nitrogen and oxygen atoms in total. The van der Waals surface area contributed by atoms with Crippen molar-refractivity contribution in [3.8, 4) is 22.5 Å². The van der Waals surface area contributed by atoms with Gasteiger partial charge in [0.05, 0.1) is 17.6 Å². The Morgan fingerprint density at radius 2 is 2.07 bits per heavy atom. The van der Waals surface area contributed by atoms with Crippen LogP contribution in [0.4, 0.5) is 5.69 Å². The van der Waals surface area contributed by atoms with Gasteiger partial charge in [0.15, 0.2) is 5.65 Å². The standard InChI is InChI=1S/C23H16ClN5O/c1-2-21(30)27-16-5-3-4-13(8-16)20-12-26-23-22(29-20)17(11-25-23)19-9-14-6-7-15(24)10-18(14)28-19/h2-12,28H,1H2,(H,25,26)(H,27,30). The summed E-state index contributed by atoms with van der Waals surface area (Å²) in [4.78, 5) is 27.5. The summed E-state index contributed by atoms with van der Waals surface area (Å²) in [6, 6.07) is 15.3. The molecule has 3 N–H and O–H groups in total. The number of aromatic nitrogens is 4. The van der Waals surface area contributed by atoms with Crippen LogP contribution in [-0.2, 0) is 4.79 Å². The first-order valence-electron chi connectivity index (χ1n) is 9.27. The van der Waals surface area contributed by atoms with Crippen LogP contribution < -0.4 is 5.32 Å². The minimum Gasteiger partial charge on any atom is -0.354 e. The Kier molecular flexibility index (Phi) is 4.34. The number of hydrogen-bond acceptors (Lipinski definition) is 3. The second-order valence-electron chi connectivity index (χ2n) is 6.84. The maximum atomic E-state index is 11.6. The smallest absolute Gasteiger partial charge is 0.247 e. The molecule has 0 saturated heterocycles. The number of H-pyrrole nitrogens is 2. The Labute approximate surface area is 176 Å². The number of rotatable bonds is 4. The van der Waals surface area contributed by atoms with Crippen molar-refractivity contribution in [3.05, 3.63) is 78.6 Å². The fourth-order valence-electron chi connectivity index (χ4n) is 3.43. The first-order valence-corrected chi connectivity index (χ1v) is 9.65. The molecule has 1 amide bonds. The number of anilines is 1. The van der Waals surface area contributed by atoms with Gasteiger partial charge in [-0.15, -0.1) is 0 Å².